The molecule has 0 amide bonds. The number of H-pyrrole nitrogens is 1. The lowest BCUT2D eigenvalue weighted by Gasteiger charge is -2.09. The van der Waals surface area contributed by atoms with Crippen LogP contribution in [-0.4, -0.2) is 35.1 Å². The van der Waals surface area contributed by atoms with Gasteiger partial charge in [-0.3, -0.25) is 0 Å². The van der Waals surface area contributed by atoms with Crippen LogP contribution in [0.5, 0.6) is 0 Å². The van der Waals surface area contributed by atoms with Gasteiger partial charge in [-0.05, 0) is 51.4 Å². The highest BCUT2D eigenvalue weighted by molar-refractivity contribution is 7.71. The lowest BCUT2D eigenvalue weighted by atomic mass is 10.3. The largest absolute Gasteiger partial charge is 0.328 e. The summed E-state index contributed by atoms with van der Waals surface area (Å²) in [7, 11) is 4.07. The molecule has 0 fully saturated rings. The van der Waals surface area contributed by atoms with Crippen molar-refractivity contribution in [3.8, 4) is 0 Å². The van der Waals surface area contributed by atoms with Crippen molar-refractivity contribution in [2.45, 2.75) is 13.0 Å². The zero-order valence-corrected chi connectivity index (χ0v) is 10.9. The Morgan fingerprint density at radius 2 is 2.18 bits per heavy atom. The molecule has 17 heavy (non-hydrogen) atoms. The Bertz CT molecular complexity index is 571. The van der Waals surface area contributed by atoms with Gasteiger partial charge in [0.05, 0.1) is 5.52 Å². The maximum absolute atomic E-state index is 13.5. The SMILES string of the molecule is CN(C)CCCn1c(=S)[nH]c2c(F)cccc21. The van der Waals surface area contributed by atoms with E-state index in [2.05, 4.69) is 9.88 Å². The van der Waals surface area contributed by atoms with Crippen molar-refractivity contribution < 1.29 is 4.39 Å². The number of nitrogens with one attached hydrogen (secondary N) is 1. The number of hydrogen-bond acceptors (Lipinski definition) is 2. The number of fused-ring (bicyclic) bond motifs is 1. The summed E-state index contributed by atoms with van der Waals surface area (Å²) in [5.74, 6) is -0.250. The van der Waals surface area contributed by atoms with Crippen LogP contribution in [0.4, 0.5) is 4.39 Å². The molecular formula is C12H16FN3S. The summed E-state index contributed by atoms with van der Waals surface area (Å²) < 4.78 is 16.1. The van der Waals surface area contributed by atoms with Gasteiger partial charge in [0.25, 0.3) is 0 Å². The number of aryl methyl sites for hydroxylation is 1. The number of imidazole rings is 1. The molecule has 1 aromatic heterocycles. The van der Waals surface area contributed by atoms with E-state index in [1.807, 2.05) is 24.7 Å². The Labute approximate surface area is 105 Å². The summed E-state index contributed by atoms with van der Waals surface area (Å²) in [6.45, 7) is 1.80. The molecule has 5 heteroatoms. The van der Waals surface area contributed by atoms with Crippen LogP contribution >= 0.6 is 12.2 Å². The van der Waals surface area contributed by atoms with Crippen LogP contribution in [0.25, 0.3) is 11.0 Å². The van der Waals surface area contributed by atoms with Gasteiger partial charge in [-0.25, -0.2) is 4.39 Å². The Hall–Kier alpha value is -1.20. The van der Waals surface area contributed by atoms with Crippen molar-refractivity contribution in [1.29, 1.82) is 0 Å². The standard InChI is InChI=1S/C12H16FN3S/c1-15(2)7-4-8-16-10-6-3-5-9(13)11(10)14-12(16)17/h3,5-6H,4,7-8H2,1-2H3,(H,14,17). The number of rotatable bonds is 4. The minimum Gasteiger partial charge on any atom is -0.328 e. The average molecular weight is 253 g/mol. The van der Waals surface area contributed by atoms with Gasteiger partial charge in [0.15, 0.2) is 4.77 Å². The molecule has 1 heterocycles. The predicted molar refractivity (Wildman–Crippen MR) is 70.3 cm³/mol. The average Bonchev–Trinajstić information content (AvgIpc) is 2.57. The van der Waals surface area contributed by atoms with Crippen molar-refractivity contribution in [3.05, 3.63) is 28.8 Å². The van der Waals surface area contributed by atoms with Gasteiger partial charge in [0.1, 0.15) is 11.3 Å². The summed E-state index contributed by atoms with van der Waals surface area (Å²) in [5, 5.41) is 0. The fraction of sp³-hybridized carbons (Fsp3) is 0.417. The third-order valence-corrected chi connectivity index (χ3v) is 3.07. The van der Waals surface area contributed by atoms with E-state index in [1.165, 1.54) is 6.07 Å². The number of benzene rings is 1. The second-order valence-electron chi connectivity index (χ2n) is 4.37. The van der Waals surface area contributed by atoms with Crippen LogP contribution < -0.4 is 0 Å². The number of halogens is 1. The van der Waals surface area contributed by atoms with Crippen molar-refractivity contribution in [3.63, 3.8) is 0 Å². The zero-order chi connectivity index (χ0) is 12.4. The first-order valence-electron chi connectivity index (χ1n) is 5.61. The number of aromatic amines is 1. The van der Waals surface area contributed by atoms with E-state index in [0.29, 0.717) is 10.3 Å². The van der Waals surface area contributed by atoms with Crippen LogP contribution in [0.3, 0.4) is 0 Å². The van der Waals surface area contributed by atoms with E-state index in [0.717, 1.165) is 25.0 Å². The molecule has 0 aliphatic rings. The van der Waals surface area contributed by atoms with E-state index in [1.54, 1.807) is 6.07 Å². The molecule has 0 radical (unpaired) electrons. The molecule has 0 spiro atoms. The van der Waals surface area contributed by atoms with E-state index in [-0.39, 0.29) is 5.82 Å². The third-order valence-electron chi connectivity index (χ3n) is 2.75. The quantitative estimate of drug-likeness (QED) is 0.847. The zero-order valence-electron chi connectivity index (χ0n) is 10.0. The first kappa shape index (κ1) is 12.3. The molecule has 0 aliphatic heterocycles. The van der Waals surface area contributed by atoms with E-state index >= 15 is 0 Å². The fourth-order valence-corrected chi connectivity index (χ4v) is 2.20. The smallest absolute Gasteiger partial charge is 0.178 e. The molecule has 0 aliphatic carbocycles. The summed E-state index contributed by atoms with van der Waals surface area (Å²) >= 11 is 5.22. The number of hydrogen-bond donors (Lipinski definition) is 1. The van der Waals surface area contributed by atoms with Crippen LogP contribution in [0.1, 0.15) is 6.42 Å². The van der Waals surface area contributed by atoms with Gasteiger partial charge in [-0.15, -0.1) is 0 Å². The Balaban J connectivity index is 2.31. The molecule has 0 saturated heterocycles. The van der Waals surface area contributed by atoms with Crippen molar-refractivity contribution in [1.82, 2.24) is 14.5 Å². The molecule has 0 bridgehead atoms. The van der Waals surface area contributed by atoms with Gasteiger partial charge in [-0.2, -0.15) is 0 Å². The second kappa shape index (κ2) is 4.98. The van der Waals surface area contributed by atoms with Crippen LogP contribution in [0, 0.1) is 10.6 Å². The molecule has 3 nitrogen and oxygen atoms in total. The van der Waals surface area contributed by atoms with Gasteiger partial charge < -0.3 is 14.5 Å². The topological polar surface area (TPSA) is 24.0 Å². The summed E-state index contributed by atoms with van der Waals surface area (Å²) in [6, 6.07) is 5.04. The molecule has 0 unspecified atom stereocenters. The van der Waals surface area contributed by atoms with E-state index < -0.39 is 0 Å². The molecule has 0 atom stereocenters. The van der Waals surface area contributed by atoms with Crippen LogP contribution in [0.15, 0.2) is 18.2 Å². The summed E-state index contributed by atoms with van der Waals surface area (Å²) in [4.78, 5) is 5.05. The molecule has 1 aromatic carbocycles. The van der Waals surface area contributed by atoms with E-state index in [9.17, 15) is 4.39 Å². The Morgan fingerprint density at radius 3 is 2.88 bits per heavy atom. The number of nitrogens with zero attached hydrogens (tertiary/aromatic N) is 2. The molecule has 1 N–H and O–H groups in total. The molecule has 0 saturated carbocycles. The summed E-state index contributed by atoms with van der Waals surface area (Å²) in [6.07, 6.45) is 0.991. The second-order valence-corrected chi connectivity index (χ2v) is 4.76. The lowest BCUT2D eigenvalue weighted by Crippen LogP contribution is -2.15. The highest BCUT2D eigenvalue weighted by Gasteiger charge is 2.07. The van der Waals surface area contributed by atoms with Gasteiger partial charge >= 0.3 is 0 Å². The first-order chi connectivity index (χ1) is 8.09. The van der Waals surface area contributed by atoms with Crippen molar-refractivity contribution in [2.24, 2.45) is 0 Å². The third kappa shape index (κ3) is 2.56. The van der Waals surface area contributed by atoms with Gasteiger partial charge in [-0.1, -0.05) is 6.07 Å². The fourth-order valence-electron chi connectivity index (χ4n) is 1.91. The number of aromatic nitrogens is 2. The van der Waals surface area contributed by atoms with Crippen molar-refractivity contribution in [2.75, 3.05) is 20.6 Å². The van der Waals surface area contributed by atoms with Gasteiger partial charge in [0, 0.05) is 6.54 Å². The van der Waals surface area contributed by atoms with Crippen molar-refractivity contribution >= 4 is 23.3 Å². The highest BCUT2D eigenvalue weighted by atomic mass is 32.1. The Kier molecular flexibility index (Phi) is 3.59. The summed E-state index contributed by atoms with van der Waals surface area (Å²) in [5.41, 5.74) is 1.34. The highest BCUT2D eigenvalue weighted by Crippen LogP contribution is 2.17. The minimum absolute atomic E-state index is 0.250. The lowest BCUT2D eigenvalue weighted by molar-refractivity contribution is 0.387. The first-order valence-corrected chi connectivity index (χ1v) is 6.02. The van der Waals surface area contributed by atoms with Crippen LogP contribution in [0.2, 0.25) is 0 Å². The minimum atomic E-state index is -0.250. The maximum Gasteiger partial charge on any atom is 0.178 e. The monoisotopic (exact) mass is 253 g/mol. The molecule has 92 valence electrons. The normalized spacial score (nSPS) is 11.5. The maximum atomic E-state index is 13.5. The van der Waals surface area contributed by atoms with Crippen LogP contribution in [-0.2, 0) is 6.54 Å². The molecular weight excluding hydrogens is 237 g/mol. The number of para-hydroxylation sites is 1. The molecule has 2 aromatic rings. The predicted octanol–water partition coefficient (Wildman–Crippen LogP) is 2.79. The Morgan fingerprint density at radius 1 is 1.41 bits per heavy atom. The van der Waals surface area contributed by atoms with E-state index in [4.69, 9.17) is 12.2 Å². The van der Waals surface area contributed by atoms with Gasteiger partial charge in [0.2, 0.25) is 0 Å². The molecule has 2 rings (SSSR count).